The van der Waals surface area contributed by atoms with Crippen LogP contribution in [0.25, 0.3) is 0 Å². The lowest BCUT2D eigenvalue weighted by Crippen LogP contribution is -2.09. The van der Waals surface area contributed by atoms with Gasteiger partial charge in [0.05, 0.1) is 16.4 Å². The van der Waals surface area contributed by atoms with Gasteiger partial charge in [0.2, 0.25) is 0 Å². The van der Waals surface area contributed by atoms with Gasteiger partial charge in [0.1, 0.15) is 5.82 Å². The van der Waals surface area contributed by atoms with Gasteiger partial charge in [-0.2, -0.15) is 5.10 Å². The molecule has 17 heavy (non-hydrogen) atoms. The second-order valence-corrected chi connectivity index (χ2v) is 4.58. The third kappa shape index (κ3) is 2.97. The molecule has 2 aromatic heterocycles. The molecule has 0 aliphatic heterocycles. The number of hydrogen-bond acceptors (Lipinski definition) is 4. The van der Waals surface area contributed by atoms with Crippen LogP contribution in [-0.2, 0) is 13.5 Å². The minimum Gasteiger partial charge on any atom is -0.397 e. The van der Waals surface area contributed by atoms with Crippen molar-refractivity contribution in [3.8, 4) is 0 Å². The molecule has 0 amide bonds. The van der Waals surface area contributed by atoms with E-state index in [0.29, 0.717) is 5.69 Å². The number of nitrogen functional groups attached to an aromatic ring is 1. The van der Waals surface area contributed by atoms with E-state index in [9.17, 15) is 0 Å². The number of nitrogens with two attached hydrogens (primary N) is 1. The number of nitrogens with one attached hydrogen (secondary N) is 1. The quantitative estimate of drug-likeness (QED) is 0.903. The second-order valence-electron chi connectivity index (χ2n) is 3.72. The van der Waals surface area contributed by atoms with Crippen molar-refractivity contribution < 1.29 is 0 Å². The van der Waals surface area contributed by atoms with Crippen LogP contribution in [-0.4, -0.2) is 21.3 Å². The molecule has 0 radical (unpaired) electrons. The van der Waals surface area contributed by atoms with Crippen molar-refractivity contribution in [3.63, 3.8) is 0 Å². The molecule has 2 heterocycles. The Kier molecular flexibility index (Phi) is 3.63. The van der Waals surface area contributed by atoms with Gasteiger partial charge in [0, 0.05) is 31.9 Å². The van der Waals surface area contributed by atoms with Gasteiger partial charge >= 0.3 is 0 Å². The standard InChI is InChI=1S/C11H14BrN5/c1-17-9(3-5-16-17)2-4-14-11-10(12)6-8(13)7-15-11/h3,5-7H,2,4,13H2,1H3,(H,14,15). The van der Waals surface area contributed by atoms with Crippen molar-refractivity contribution in [1.29, 1.82) is 0 Å². The van der Waals surface area contributed by atoms with E-state index in [1.807, 2.05) is 23.9 Å². The topological polar surface area (TPSA) is 68.8 Å². The Morgan fingerprint density at radius 3 is 3.00 bits per heavy atom. The summed E-state index contributed by atoms with van der Waals surface area (Å²) < 4.78 is 2.75. The minimum atomic E-state index is 0.647. The summed E-state index contributed by atoms with van der Waals surface area (Å²) in [6.45, 7) is 0.801. The first-order chi connectivity index (χ1) is 8.16. The molecule has 0 unspecified atom stereocenters. The van der Waals surface area contributed by atoms with Crippen molar-refractivity contribution in [3.05, 3.63) is 34.7 Å². The molecule has 0 bridgehead atoms. The van der Waals surface area contributed by atoms with Gasteiger partial charge in [-0.05, 0) is 28.1 Å². The van der Waals surface area contributed by atoms with Crippen molar-refractivity contribution in [2.45, 2.75) is 6.42 Å². The van der Waals surface area contributed by atoms with Gasteiger partial charge in [-0.1, -0.05) is 0 Å². The molecular formula is C11H14BrN5. The average molecular weight is 296 g/mol. The highest BCUT2D eigenvalue weighted by Crippen LogP contribution is 2.21. The molecule has 3 N–H and O–H groups in total. The van der Waals surface area contributed by atoms with Crippen molar-refractivity contribution in [2.75, 3.05) is 17.6 Å². The van der Waals surface area contributed by atoms with Gasteiger partial charge in [0.25, 0.3) is 0 Å². The molecule has 0 saturated carbocycles. The van der Waals surface area contributed by atoms with Gasteiger partial charge in [-0.15, -0.1) is 0 Å². The largest absolute Gasteiger partial charge is 0.397 e. The Labute approximate surface area is 108 Å². The highest BCUT2D eigenvalue weighted by molar-refractivity contribution is 9.10. The molecule has 2 rings (SSSR count). The monoisotopic (exact) mass is 295 g/mol. The van der Waals surface area contributed by atoms with Crippen molar-refractivity contribution in [2.24, 2.45) is 7.05 Å². The van der Waals surface area contributed by atoms with Crippen molar-refractivity contribution >= 4 is 27.4 Å². The molecule has 0 spiro atoms. The molecule has 0 saturated heterocycles. The Balaban J connectivity index is 1.92. The summed E-state index contributed by atoms with van der Waals surface area (Å²) in [5, 5.41) is 7.37. The maximum Gasteiger partial charge on any atom is 0.140 e. The van der Waals surface area contributed by atoms with Crippen LogP contribution in [0.4, 0.5) is 11.5 Å². The van der Waals surface area contributed by atoms with Crippen LogP contribution in [0.1, 0.15) is 5.69 Å². The van der Waals surface area contributed by atoms with Crippen molar-refractivity contribution in [1.82, 2.24) is 14.8 Å². The number of halogens is 1. The van der Waals surface area contributed by atoms with E-state index in [-0.39, 0.29) is 0 Å². The fourth-order valence-corrected chi connectivity index (χ4v) is 2.05. The average Bonchev–Trinajstić information content (AvgIpc) is 2.68. The van der Waals surface area contributed by atoms with Crippen LogP contribution >= 0.6 is 15.9 Å². The Morgan fingerprint density at radius 2 is 2.35 bits per heavy atom. The number of hydrogen-bond donors (Lipinski definition) is 2. The summed E-state index contributed by atoms with van der Waals surface area (Å²) in [6.07, 6.45) is 4.33. The predicted molar refractivity (Wildman–Crippen MR) is 71.8 cm³/mol. The number of aryl methyl sites for hydroxylation is 1. The van der Waals surface area contributed by atoms with Crippen LogP contribution in [0.3, 0.4) is 0 Å². The highest BCUT2D eigenvalue weighted by atomic mass is 79.9. The zero-order valence-electron chi connectivity index (χ0n) is 9.52. The summed E-state index contributed by atoms with van der Waals surface area (Å²) in [5.74, 6) is 0.807. The highest BCUT2D eigenvalue weighted by Gasteiger charge is 2.02. The van der Waals surface area contributed by atoms with E-state index in [0.717, 1.165) is 23.3 Å². The minimum absolute atomic E-state index is 0.647. The molecule has 2 aromatic rings. The fourth-order valence-electron chi connectivity index (χ4n) is 1.54. The number of nitrogens with zero attached hydrogens (tertiary/aromatic N) is 3. The molecule has 0 atom stereocenters. The van der Waals surface area contributed by atoms with Crippen LogP contribution in [0.5, 0.6) is 0 Å². The first-order valence-electron chi connectivity index (χ1n) is 5.28. The van der Waals surface area contributed by atoms with E-state index in [2.05, 4.69) is 31.3 Å². The normalized spacial score (nSPS) is 10.5. The molecule has 6 heteroatoms. The Hall–Kier alpha value is -1.56. The molecule has 0 aromatic carbocycles. The molecule has 0 aliphatic rings. The summed E-state index contributed by atoms with van der Waals surface area (Å²) in [4.78, 5) is 4.21. The fraction of sp³-hybridized carbons (Fsp3) is 0.273. The SMILES string of the molecule is Cn1nccc1CCNc1ncc(N)cc1Br. The molecule has 0 aliphatic carbocycles. The van der Waals surface area contributed by atoms with Crippen LogP contribution in [0.2, 0.25) is 0 Å². The van der Waals surface area contributed by atoms with E-state index in [1.165, 1.54) is 5.69 Å². The van der Waals surface area contributed by atoms with Crippen LogP contribution < -0.4 is 11.1 Å². The van der Waals surface area contributed by atoms with Crippen LogP contribution in [0, 0.1) is 0 Å². The van der Waals surface area contributed by atoms with Gasteiger partial charge in [0.15, 0.2) is 0 Å². The van der Waals surface area contributed by atoms with Gasteiger partial charge in [-0.3, -0.25) is 4.68 Å². The number of rotatable bonds is 4. The number of anilines is 2. The van der Waals surface area contributed by atoms with E-state index in [1.54, 1.807) is 12.4 Å². The number of aromatic nitrogens is 3. The van der Waals surface area contributed by atoms with E-state index < -0.39 is 0 Å². The first-order valence-corrected chi connectivity index (χ1v) is 6.08. The zero-order valence-corrected chi connectivity index (χ0v) is 11.1. The third-order valence-corrected chi connectivity index (χ3v) is 3.06. The zero-order chi connectivity index (χ0) is 12.3. The summed E-state index contributed by atoms with van der Waals surface area (Å²) in [7, 11) is 1.94. The lowest BCUT2D eigenvalue weighted by molar-refractivity contribution is 0.711. The van der Waals surface area contributed by atoms with E-state index in [4.69, 9.17) is 5.73 Å². The van der Waals surface area contributed by atoms with Gasteiger partial charge < -0.3 is 11.1 Å². The van der Waals surface area contributed by atoms with Crippen LogP contribution in [0.15, 0.2) is 29.0 Å². The summed E-state index contributed by atoms with van der Waals surface area (Å²) >= 11 is 3.42. The molecule has 90 valence electrons. The maximum atomic E-state index is 5.62. The maximum absolute atomic E-state index is 5.62. The lowest BCUT2D eigenvalue weighted by Gasteiger charge is -2.08. The van der Waals surface area contributed by atoms with Gasteiger partial charge in [-0.25, -0.2) is 4.98 Å². The second kappa shape index (κ2) is 5.18. The summed E-state index contributed by atoms with van der Waals surface area (Å²) in [5.41, 5.74) is 7.45. The third-order valence-electron chi connectivity index (χ3n) is 2.46. The molecule has 0 fully saturated rings. The summed E-state index contributed by atoms with van der Waals surface area (Å²) in [6, 6.07) is 3.84. The smallest absolute Gasteiger partial charge is 0.140 e. The molecule has 5 nitrogen and oxygen atoms in total. The number of pyridine rings is 1. The lowest BCUT2D eigenvalue weighted by atomic mass is 10.3. The predicted octanol–water partition coefficient (Wildman–Crippen LogP) is 1.81. The molecular weight excluding hydrogens is 282 g/mol. The first kappa shape index (κ1) is 11.9. The Morgan fingerprint density at radius 1 is 1.53 bits per heavy atom. The van der Waals surface area contributed by atoms with E-state index >= 15 is 0 Å². The Bertz CT molecular complexity index is 508.